The molecular formula is C6H5IO4. The molecule has 0 saturated heterocycles. The van der Waals surface area contributed by atoms with Crippen LogP contribution in [-0.2, 0) is 6.14 Å². The molecule has 0 saturated carbocycles. The van der Waals surface area contributed by atoms with Crippen LogP contribution in [0.4, 0.5) is 0 Å². The number of phenolic OH excluding ortho intramolecular Hbond substituents is 2. The third-order valence-corrected chi connectivity index (χ3v) is 2.96. The zero-order valence-corrected chi connectivity index (χ0v) is 7.48. The normalized spacial score (nSPS) is 10.3. The van der Waals surface area contributed by atoms with Crippen LogP contribution in [0.15, 0.2) is 18.2 Å². The van der Waals surface area contributed by atoms with Crippen LogP contribution in [0.25, 0.3) is 0 Å². The van der Waals surface area contributed by atoms with Gasteiger partial charge >= 0.3 is 19.8 Å². The average molecular weight is 268 g/mol. The number of phenols is 2. The summed E-state index contributed by atoms with van der Waals surface area (Å²) in [5, 5.41) is 17.7. The zero-order valence-electron chi connectivity index (χ0n) is 5.32. The van der Waals surface area contributed by atoms with Crippen LogP contribution in [0, 0.1) is 3.57 Å². The van der Waals surface area contributed by atoms with Gasteiger partial charge < -0.3 is 10.2 Å². The first-order chi connectivity index (χ1) is 5.11. The van der Waals surface area contributed by atoms with Crippen LogP contribution in [-0.4, -0.2) is 10.2 Å². The lowest BCUT2D eigenvalue weighted by Gasteiger charge is -1.94. The third kappa shape index (κ3) is 1.79. The molecule has 5 heteroatoms. The van der Waals surface area contributed by atoms with Crippen LogP contribution < -0.4 is 0 Å². The lowest BCUT2D eigenvalue weighted by atomic mass is 10.3. The number of hydrogen-bond acceptors (Lipinski definition) is 4. The predicted molar refractivity (Wildman–Crippen MR) is 43.9 cm³/mol. The highest BCUT2D eigenvalue weighted by Crippen LogP contribution is 2.29. The first-order valence-corrected chi connectivity index (χ1v) is 5.52. The zero-order chi connectivity index (χ0) is 8.43. The van der Waals surface area contributed by atoms with E-state index in [1.807, 2.05) is 0 Å². The summed E-state index contributed by atoms with van der Waals surface area (Å²) in [6, 6.07) is 3.39. The molecular weight excluding hydrogens is 263 g/mol. The first-order valence-electron chi connectivity index (χ1n) is 2.68. The van der Waals surface area contributed by atoms with Gasteiger partial charge in [-0.3, -0.25) is 0 Å². The molecule has 2 N–H and O–H groups in total. The summed E-state index contributed by atoms with van der Waals surface area (Å²) in [6.45, 7) is 0. The molecule has 0 aliphatic rings. The Bertz CT molecular complexity index is 334. The number of hydrogen-bond donors (Lipinski definition) is 2. The first kappa shape index (κ1) is 8.25. The summed E-state index contributed by atoms with van der Waals surface area (Å²) < 4.78 is 20.7. The van der Waals surface area contributed by atoms with E-state index < -0.39 is 19.8 Å². The second-order valence-electron chi connectivity index (χ2n) is 1.85. The quantitative estimate of drug-likeness (QED) is 0.756. The van der Waals surface area contributed by atoms with Gasteiger partial charge in [0.15, 0.2) is 0 Å². The maximum absolute atomic E-state index is 10.4. The van der Waals surface area contributed by atoms with E-state index >= 15 is 0 Å². The predicted octanol–water partition coefficient (Wildman–Crippen LogP) is 1.46. The van der Waals surface area contributed by atoms with Gasteiger partial charge in [0.05, 0.1) is 0 Å². The molecule has 0 heterocycles. The van der Waals surface area contributed by atoms with Crippen molar-refractivity contribution in [3.05, 3.63) is 21.8 Å². The van der Waals surface area contributed by atoms with Gasteiger partial charge in [0.1, 0.15) is 15.1 Å². The van der Waals surface area contributed by atoms with E-state index in [4.69, 9.17) is 10.2 Å². The summed E-state index contributed by atoms with van der Waals surface area (Å²) in [7, 11) is 0. The topological polar surface area (TPSA) is 74.6 Å². The van der Waals surface area contributed by atoms with E-state index in [9.17, 15) is 6.14 Å². The van der Waals surface area contributed by atoms with Crippen LogP contribution in [0.2, 0.25) is 0 Å². The molecule has 1 rings (SSSR count). The molecule has 1 aromatic carbocycles. The van der Waals surface area contributed by atoms with Crippen molar-refractivity contribution in [3.63, 3.8) is 0 Å². The van der Waals surface area contributed by atoms with Gasteiger partial charge in [-0.25, -0.2) is 6.14 Å². The van der Waals surface area contributed by atoms with E-state index in [2.05, 4.69) is 0 Å². The van der Waals surface area contributed by atoms with Gasteiger partial charge in [-0.15, -0.1) is 0 Å². The maximum Gasteiger partial charge on any atom is 0.344 e. The van der Waals surface area contributed by atoms with Gasteiger partial charge in [0.25, 0.3) is 0 Å². The molecule has 0 amide bonds. The fraction of sp³-hybridized carbons (Fsp3) is 0. The minimum Gasteiger partial charge on any atom is -0.508 e. The number of rotatable bonds is 1. The summed E-state index contributed by atoms with van der Waals surface area (Å²) in [5.74, 6) is -0.538. The summed E-state index contributed by atoms with van der Waals surface area (Å²) in [4.78, 5) is 0. The molecule has 1 aromatic rings. The Morgan fingerprint density at radius 2 is 1.82 bits per heavy atom. The smallest absolute Gasteiger partial charge is 0.344 e. The van der Waals surface area contributed by atoms with E-state index in [1.54, 1.807) is 0 Å². The van der Waals surface area contributed by atoms with Crippen LogP contribution in [0.1, 0.15) is 0 Å². The Balaban J connectivity index is 3.31. The van der Waals surface area contributed by atoms with Crippen molar-refractivity contribution in [2.45, 2.75) is 0 Å². The lowest BCUT2D eigenvalue weighted by molar-refractivity contribution is 0.448. The van der Waals surface area contributed by atoms with Crippen LogP contribution in [0.3, 0.4) is 0 Å². The van der Waals surface area contributed by atoms with Gasteiger partial charge in [-0.2, -0.15) is 0 Å². The van der Waals surface area contributed by atoms with E-state index in [0.717, 1.165) is 6.07 Å². The highest BCUT2D eigenvalue weighted by Gasteiger charge is 2.05. The Hall–Kier alpha value is -0.850. The van der Waals surface area contributed by atoms with E-state index in [1.165, 1.54) is 12.1 Å². The second kappa shape index (κ2) is 3.04. The van der Waals surface area contributed by atoms with Crippen molar-refractivity contribution in [3.8, 4) is 11.5 Å². The number of aromatic hydroxyl groups is 2. The number of halogens is 1. The van der Waals surface area contributed by atoms with E-state index in [0.29, 0.717) is 0 Å². The summed E-state index contributed by atoms with van der Waals surface area (Å²) >= 11 is -3.61. The molecule has 60 valence electrons. The van der Waals surface area contributed by atoms with Crippen molar-refractivity contribution >= 4 is 19.8 Å². The molecule has 0 aliphatic heterocycles. The Labute approximate surface area is 69.6 Å². The average Bonchev–Trinajstić information content (AvgIpc) is 1.85. The molecule has 0 radical (unpaired) electrons. The van der Waals surface area contributed by atoms with Crippen molar-refractivity contribution in [2.24, 2.45) is 0 Å². The van der Waals surface area contributed by atoms with Crippen LogP contribution >= 0.6 is 19.8 Å². The van der Waals surface area contributed by atoms with Gasteiger partial charge in [0.2, 0.25) is 0 Å². The molecule has 0 bridgehead atoms. The SMILES string of the molecule is O=I(=O)c1ccc(O)cc1O. The van der Waals surface area contributed by atoms with Crippen LogP contribution in [0.5, 0.6) is 11.5 Å². The molecule has 0 aliphatic carbocycles. The Morgan fingerprint density at radius 3 is 2.27 bits per heavy atom. The van der Waals surface area contributed by atoms with Crippen molar-refractivity contribution in [2.75, 3.05) is 0 Å². The molecule has 0 aromatic heterocycles. The van der Waals surface area contributed by atoms with E-state index in [-0.39, 0.29) is 15.1 Å². The van der Waals surface area contributed by atoms with Crippen molar-refractivity contribution in [1.82, 2.24) is 0 Å². The highest BCUT2D eigenvalue weighted by molar-refractivity contribution is 14.2. The second-order valence-corrected chi connectivity index (χ2v) is 4.26. The van der Waals surface area contributed by atoms with Crippen molar-refractivity contribution < 1.29 is 16.4 Å². The molecule has 0 spiro atoms. The summed E-state index contributed by atoms with van der Waals surface area (Å²) in [5.41, 5.74) is 0. The standard InChI is InChI=1S/C6H5IO4/c8-4-1-2-5(7(10)11)6(9)3-4/h1-3,8-9H. The largest absolute Gasteiger partial charge is 0.508 e. The fourth-order valence-electron chi connectivity index (χ4n) is 0.632. The van der Waals surface area contributed by atoms with Gasteiger partial charge in [0, 0.05) is 6.07 Å². The minimum absolute atomic E-state index is 0.0907. The van der Waals surface area contributed by atoms with Crippen molar-refractivity contribution in [1.29, 1.82) is 0 Å². The monoisotopic (exact) mass is 268 g/mol. The fourth-order valence-corrected chi connectivity index (χ4v) is 1.71. The highest BCUT2D eigenvalue weighted by atomic mass is 127. The third-order valence-electron chi connectivity index (χ3n) is 1.10. The summed E-state index contributed by atoms with van der Waals surface area (Å²) in [6.07, 6.45) is 0. The maximum atomic E-state index is 10.4. The molecule has 11 heavy (non-hydrogen) atoms. The number of benzene rings is 1. The molecule has 0 atom stereocenters. The molecule has 0 fully saturated rings. The van der Waals surface area contributed by atoms with Gasteiger partial charge in [-0.05, 0) is 12.1 Å². The minimum atomic E-state index is -3.61. The Morgan fingerprint density at radius 1 is 1.18 bits per heavy atom. The Kier molecular flexibility index (Phi) is 2.28. The lowest BCUT2D eigenvalue weighted by Crippen LogP contribution is -1.73. The van der Waals surface area contributed by atoms with Gasteiger partial charge in [-0.1, -0.05) is 0 Å². The molecule has 4 nitrogen and oxygen atoms in total. The molecule has 0 unspecified atom stereocenters.